The molecule has 0 bridgehead atoms. The molecule has 1 heterocycles. The molecule has 2 nitrogen and oxygen atoms in total. The first-order valence-electron chi connectivity index (χ1n) is 20.7. The molecule has 2 aromatic carbocycles. The number of nitrogens with zero attached hydrogens (tertiary/aromatic N) is 1. The lowest BCUT2D eigenvalue weighted by molar-refractivity contribution is -0.347. The fourth-order valence-corrected chi connectivity index (χ4v) is 7.31. The van der Waals surface area contributed by atoms with Gasteiger partial charge in [0.05, 0.1) is 11.1 Å². The van der Waals surface area contributed by atoms with E-state index in [-0.39, 0.29) is 0 Å². The maximum atomic E-state index is 9.84. The largest absolute Gasteiger partial charge is 0.448 e. The van der Waals surface area contributed by atoms with E-state index in [0.717, 1.165) is 43.5 Å². The molecule has 1 aliphatic heterocycles. The number of hydrogen-bond acceptors (Lipinski definition) is 0. The smallest absolute Gasteiger partial charge is 0.216 e. The second-order valence-electron chi connectivity index (χ2n) is 14.7. The molecular formula is C47H72N2. The van der Waals surface area contributed by atoms with Gasteiger partial charge in [-0.05, 0) is 118 Å². The molecule has 1 aliphatic rings. The lowest BCUT2D eigenvalue weighted by atomic mass is 9.91. The minimum absolute atomic E-state index is 1.05. The minimum atomic E-state index is 1.05. The van der Waals surface area contributed by atoms with Gasteiger partial charge < -0.3 is 5.84 Å². The Bertz CT molecular complexity index is 1330. The molecule has 0 aromatic heterocycles. The molecule has 0 spiro atoms. The van der Waals surface area contributed by atoms with E-state index in [4.69, 9.17) is 0 Å². The van der Waals surface area contributed by atoms with E-state index in [1.807, 2.05) is 0 Å². The van der Waals surface area contributed by atoms with Crippen LogP contribution in [0.1, 0.15) is 190 Å². The van der Waals surface area contributed by atoms with Gasteiger partial charge in [0, 0.05) is 11.1 Å². The van der Waals surface area contributed by atoms with Crippen LogP contribution in [0.4, 0.5) is 0 Å². The molecule has 0 saturated carbocycles. The van der Waals surface area contributed by atoms with Gasteiger partial charge >= 0.3 is 0 Å². The maximum Gasteiger partial charge on any atom is 0.216 e. The van der Waals surface area contributed by atoms with E-state index in [1.165, 1.54) is 154 Å². The lowest BCUT2D eigenvalue weighted by Crippen LogP contribution is -2.13. The van der Waals surface area contributed by atoms with Crippen molar-refractivity contribution < 1.29 is 4.68 Å². The third kappa shape index (κ3) is 13.1. The first-order valence-corrected chi connectivity index (χ1v) is 20.7. The summed E-state index contributed by atoms with van der Waals surface area (Å²) in [6.45, 7) is 13.6. The van der Waals surface area contributed by atoms with Gasteiger partial charge in [0.25, 0.3) is 0 Å². The molecule has 3 rings (SSSR count). The fourth-order valence-electron chi connectivity index (χ4n) is 7.31. The van der Waals surface area contributed by atoms with E-state index < -0.39 is 0 Å². The van der Waals surface area contributed by atoms with Crippen LogP contribution >= 0.6 is 0 Å². The topological polar surface area (TPSA) is 26.8 Å². The predicted octanol–water partition coefficient (Wildman–Crippen LogP) is 14.7. The van der Waals surface area contributed by atoms with Crippen molar-refractivity contribution in [2.24, 2.45) is 0 Å². The molecular weight excluding hydrogens is 593 g/mol. The summed E-state index contributed by atoms with van der Waals surface area (Å²) in [6, 6.07) is 14.5. The zero-order chi connectivity index (χ0) is 35.3. The molecule has 0 atom stereocenters. The Morgan fingerprint density at radius 3 is 1.35 bits per heavy atom. The summed E-state index contributed by atoms with van der Waals surface area (Å²) in [5, 5.41) is 0. The van der Waals surface area contributed by atoms with E-state index in [9.17, 15) is 5.84 Å². The highest BCUT2D eigenvalue weighted by Gasteiger charge is 2.34. The van der Waals surface area contributed by atoms with E-state index in [2.05, 4.69) is 96.2 Å². The van der Waals surface area contributed by atoms with Gasteiger partial charge in [-0.3, -0.25) is 0 Å². The number of nitrogens with one attached hydrogen (secondary N) is 1. The van der Waals surface area contributed by atoms with Crippen LogP contribution in [0.15, 0.2) is 65.8 Å². The molecule has 0 unspecified atom stereocenters. The second-order valence-corrected chi connectivity index (χ2v) is 14.7. The predicted molar refractivity (Wildman–Crippen MR) is 218 cm³/mol. The number of allylic oxidation sites excluding steroid dienone is 5. The summed E-state index contributed by atoms with van der Waals surface area (Å²) < 4.78 is 1.80. The molecule has 49 heavy (non-hydrogen) atoms. The van der Waals surface area contributed by atoms with E-state index in [0.29, 0.717) is 0 Å². The summed E-state index contributed by atoms with van der Waals surface area (Å²) in [5.41, 5.74) is 12.6. The van der Waals surface area contributed by atoms with Crippen molar-refractivity contribution in [3.63, 3.8) is 0 Å². The highest BCUT2D eigenvalue weighted by molar-refractivity contribution is 6.17. The third-order valence-corrected chi connectivity index (χ3v) is 10.2. The van der Waals surface area contributed by atoms with Crippen molar-refractivity contribution in [1.82, 2.24) is 0 Å². The quantitative estimate of drug-likeness (QED) is 0.0746. The van der Waals surface area contributed by atoms with Crippen molar-refractivity contribution in [1.29, 1.82) is 0 Å². The number of aryl methyl sites for hydroxylation is 4. The van der Waals surface area contributed by atoms with Gasteiger partial charge in [0.1, 0.15) is 0 Å². The number of unbranched alkanes of at least 4 members (excludes halogenated alkanes) is 13. The molecule has 1 N–H and O–H groups in total. The Labute approximate surface area is 303 Å². The molecule has 270 valence electrons. The van der Waals surface area contributed by atoms with Crippen LogP contribution in [0.5, 0.6) is 0 Å². The van der Waals surface area contributed by atoms with Crippen LogP contribution < -0.4 is 0 Å². The average Bonchev–Trinajstić information content (AvgIpc) is 3.40. The summed E-state index contributed by atoms with van der Waals surface area (Å²) in [4.78, 5) is 0. The zero-order valence-electron chi connectivity index (χ0n) is 32.7. The van der Waals surface area contributed by atoms with Crippen molar-refractivity contribution in [2.45, 2.75) is 183 Å². The van der Waals surface area contributed by atoms with Crippen molar-refractivity contribution in [3.8, 4) is 0 Å². The molecule has 2 aromatic rings. The molecule has 0 radical (unpaired) electrons. The molecule has 0 amide bonds. The highest BCUT2D eigenvalue weighted by Crippen LogP contribution is 2.37. The number of rotatable bonds is 25. The molecule has 0 aliphatic carbocycles. The van der Waals surface area contributed by atoms with E-state index in [1.54, 1.807) is 4.68 Å². The molecule has 2 heteroatoms. The Morgan fingerprint density at radius 1 is 0.510 bits per heavy atom. The number of hydrogen-bond donors (Lipinski definition) is 0. The normalized spacial score (nSPS) is 14.4. The van der Waals surface area contributed by atoms with Crippen LogP contribution in [0, 0.1) is 0 Å². The first-order chi connectivity index (χ1) is 24.0. The minimum Gasteiger partial charge on any atom is -0.448 e. The van der Waals surface area contributed by atoms with Crippen LogP contribution in [-0.4, -0.2) is 10.4 Å². The Kier molecular flexibility index (Phi) is 19.5. The molecule has 0 fully saturated rings. The van der Waals surface area contributed by atoms with E-state index >= 15 is 0 Å². The monoisotopic (exact) mass is 665 g/mol. The standard InChI is InChI=1S/C47H72N2/c1-7-13-18-19-20-21-22-23-24-25-26-31-45-44(12-6)46(42-34-38(27-14-8-2)32-39(35-42)28-15-9-3)49(48)47(45)43-36-40(29-16-10-4)33-41(37-43)30-17-11-5/h12,26,31-37,48H,7-11,13-25,27-30H2,1-6H3. The van der Waals surface area contributed by atoms with Gasteiger partial charge in [0.2, 0.25) is 11.4 Å². The zero-order valence-corrected chi connectivity index (χ0v) is 32.7. The second kappa shape index (κ2) is 23.5. The van der Waals surface area contributed by atoms with Gasteiger partial charge in [-0.1, -0.05) is 142 Å². The van der Waals surface area contributed by atoms with Gasteiger partial charge in [0.15, 0.2) is 0 Å². The summed E-state index contributed by atoms with van der Waals surface area (Å²) in [5.74, 6) is 9.84. The maximum absolute atomic E-state index is 9.84. The van der Waals surface area contributed by atoms with Gasteiger partial charge in [-0.25, -0.2) is 4.68 Å². The summed E-state index contributed by atoms with van der Waals surface area (Å²) in [7, 11) is 0. The summed E-state index contributed by atoms with van der Waals surface area (Å²) in [6.07, 6.45) is 34.4. The Morgan fingerprint density at radius 2 is 0.918 bits per heavy atom. The highest BCUT2D eigenvalue weighted by atomic mass is 15.3. The van der Waals surface area contributed by atoms with Gasteiger partial charge in [-0.2, -0.15) is 0 Å². The Hall–Kier alpha value is -2.87. The van der Waals surface area contributed by atoms with Crippen LogP contribution in [-0.2, 0) is 25.7 Å². The summed E-state index contributed by atoms with van der Waals surface area (Å²) >= 11 is 0. The van der Waals surface area contributed by atoms with Crippen LogP contribution in [0.3, 0.4) is 0 Å². The Balaban J connectivity index is 2.03. The average molecular weight is 665 g/mol. The van der Waals surface area contributed by atoms with Crippen LogP contribution in [0.25, 0.3) is 11.5 Å². The van der Waals surface area contributed by atoms with Crippen molar-refractivity contribution in [2.75, 3.05) is 0 Å². The van der Waals surface area contributed by atoms with Gasteiger partial charge in [-0.15, -0.1) is 0 Å². The fraction of sp³-hybridized carbons (Fsp3) is 0.596. The number of benzene rings is 2. The molecule has 0 saturated heterocycles. The first kappa shape index (κ1) is 40.6. The SMILES string of the molecule is CC=C1C(C=CCCCCCCCCCCC)=C(c2cc(CCCC)cc(CCCC)c2)[N+]([NH-])=C1c1cc(CCCC)cc(CCCC)c1. The van der Waals surface area contributed by atoms with Crippen LogP contribution in [0.2, 0.25) is 0 Å². The van der Waals surface area contributed by atoms with Crippen molar-refractivity contribution in [3.05, 3.63) is 105 Å². The third-order valence-electron chi connectivity index (χ3n) is 10.2. The lowest BCUT2D eigenvalue weighted by Gasteiger charge is -2.13. The van der Waals surface area contributed by atoms with Crippen molar-refractivity contribution >= 4 is 11.4 Å².